The van der Waals surface area contributed by atoms with Crippen LogP contribution in [0, 0.1) is 6.92 Å². The highest BCUT2D eigenvalue weighted by Gasteiger charge is 2.17. The van der Waals surface area contributed by atoms with Gasteiger partial charge >= 0.3 is 0 Å². The summed E-state index contributed by atoms with van der Waals surface area (Å²) in [4.78, 5) is 12.3. The fourth-order valence-electron chi connectivity index (χ4n) is 2.76. The molecular weight excluding hydrogens is 475 g/mol. The van der Waals surface area contributed by atoms with Crippen molar-refractivity contribution >= 4 is 50.5 Å². The Labute approximate surface area is 196 Å². The number of ether oxygens (including phenoxy) is 2. The third kappa shape index (κ3) is 5.85. The highest BCUT2D eigenvalue weighted by Crippen LogP contribution is 2.30. The predicted octanol–water partition coefficient (Wildman–Crippen LogP) is 5.13. The zero-order chi connectivity index (χ0) is 23.3. The second-order valence-corrected chi connectivity index (χ2v) is 9.19. The molecule has 2 N–H and O–H groups in total. The molecule has 0 bridgehead atoms. The highest BCUT2D eigenvalue weighted by atomic mass is 35.5. The lowest BCUT2D eigenvalue weighted by Gasteiger charge is -2.13. The number of anilines is 2. The van der Waals surface area contributed by atoms with Gasteiger partial charge in [0.2, 0.25) is 0 Å². The monoisotopic (exact) mass is 494 g/mol. The van der Waals surface area contributed by atoms with Crippen LogP contribution in [0.2, 0.25) is 10.0 Å². The lowest BCUT2D eigenvalue weighted by Crippen LogP contribution is -2.21. The Bertz CT molecular complexity index is 1210. The maximum absolute atomic E-state index is 12.7. The molecule has 3 aromatic carbocycles. The second kappa shape index (κ2) is 10.1. The molecule has 0 heterocycles. The number of hydrogen-bond donors (Lipinski definition) is 2. The van der Waals surface area contributed by atoms with Crippen LogP contribution in [0.1, 0.15) is 5.56 Å². The van der Waals surface area contributed by atoms with Crippen LogP contribution < -0.4 is 19.5 Å². The number of aryl methyl sites for hydroxylation is 1. The van der Waals surface area contributed by atoms with Gasteiger partial charge in [-0.1, -0.05) is 29.3 Å². The Morgan fingerprint density at radius 3 is 2.25 bits per heavy atom. The number of hydrogen-bond acceptors (Lipinski definition) is 5. The van der Waals surface area contributed by atoms with E-state index in [0.29, 0.717) is 38.5 Å². The largest absolute Gasteiger partial charge is 0.497 e. The number of amides is 1. The fourth-order valence-corrected chi connectivity index (χ4v) is 4.40. The number of methoxy groups -OCH3 is 1. The molecule has 0 aliphatic heterocycles. The number of sulfonamides is 1. The van der Waals surface area contributed by atoms with E-state index in [4.69, 9.17) is 32.7 Å². The van der Waals surface area contributed by atoms with Crippen molar-refractivity contribution < 1.29 is 22.7 Å². The van der Waals surface area contributed by atoms with Crippen LogP contribution in [0.15, 0.2) is 65.6 Å². The lowest BCUT2D eigenvalue weighted by molar-refractivity contribution is -0.118. The van der Waals surface area contributed by atoms with Crippen LogP contribution in [0.4, 0.5) is 11.4 Å². The van der Waals surface area contributed by atoms with E-state index in [9.17, 15) is 13.2 Å². The molecular formula is C22H20Cl2N2O5S. The summed E-state index contributed by atoms with van der Waals surface area (Å²) >= 11 is 12.1. The van der Waals surface area contributed by atoms with Crippen molar-refractivity contribution in [2.24, 2.45) is 0 Å². The first-order valence-electron chi connectivity index (χ1n) is 9.34. The Balaban J connectivity index is 1.65. The van der Waals surface area contributed by atoms with Crippen molar-refractivity contribution in [3.8, 4) is 11.5 Å². The summed E-state index contributed by atoms with van der Waals surface area (Å²) in [6.07, 6.45) is 0. The third-order valence-electron chi connectivity index (χ3n) is 4.38. The maximum Gasteiger partial charge on any atom is 0.262 e. The fraction of sp³-hybridized carbons (Fsp3) is 0.136. The van der Waals surface area contributed by atoms with Gasteiger partial charge < -0.3 is 14.8 Å². The van der Waals surface area contributed by atoms with Crippen molar-refractivity contribution in [1.82, 2.24) is 0 Å². The van der Waals surface area contributed by atoms with Gasteiger partial charge in [-0.2, -0.15) is 0 Å². The summed E-state index contributed by atoms with van der Waals surface area (Å²) in [5, 5.41) is 3.21. The smallest absolute Gasteiger partial charge is 0.262 e. The second-order valence-electron chi connectivity index (χ2n) is 6.69. The van der Waals surface area contributed by atoms with Crippen LogP contribution in [-0.4, -0.2) is 28.0 Å². The minimum Gasteiger partial charge on any atom is -0.497 e. The van der Waals surface area contributed by atoms with Gasteiger partial charge in [0.25, 0.3) is 15.9 Å². The van der Waals surface area contributed by atoms with Crippen LogP contribution in [-0.2, 0) is 14.8 Å². The molecule has 0 saturated heterocycles. The van der Waals surface area contributed by atoms with Gasteiger partial charge in [0, 0.05) is 5.69 Å². The van der Waals surface area contributed by atoms with Crippen molar-refractivity contribution in [1.29, 1.82) is 0 Å². The topological polar surface area (TPSA) is 93.7 Å². The number of benzene rings is 3. The normalized spacial score (nSPS) is 11.0. The van der Waals surface area contributed by atoms with E-state index in [1.165, 1.54) is 25.3 Å². The molecule has 0 unspecified atom stereocenters. The Hall–Kier alpha value is -2.94. The molecule has 0 saturated carbocycles. The molecule has 1 amide bonds. The summed E-state index contributed by atoms with van der Waals surface area (Å²) in [6, 6.07) is 15.7. The molecule has 0 aliphatic carbocycles. The first-order chi connectivity index (χ1) is 15.2. The van der Waals surface area contributed by atoms with Crippen molar-refractivity contribution in [3.05, 3.63) is 76.3 Å². The first-order valence-corrected chi connectivity index (χ1v) is 11.6. The van der Waals surface area contributed by atoms with Crippen molar-refractivity contribution in [3.63, 3.8) is 0 Å². The van der Waals surface area contributed by atoms with E-state index < -0.39 is 15.9 Å². The molecule has 3 rings (SSSR count). The van der Waals surface area contributed by atoms with Gasteiger partial charge in [-0.25, -0.2) is 8.42 Å². The molecule has 32 heavy (non-hydrogen) atoms. The Kier molecular flexibility index (Phi) is 7.50. The van der Waals surface area contributed by atoms with Crippen molar-refractivity contribution in [2.75, 3.05) is 23.8 Å². The molecule has 0 aromatic heterocycles. The number of halogens is 2. The van der Waals surface area contributed by atoms with Crippen LogP contribution >= 0.6 is 23.2 Å². The van der Waals surface area contributed by atoms with Crippen LogP contribution in [0.25, 0.3) is 0 Å². The molecule has 7 nitrogen and oxygen atoms in total. The number of rotatable bonds is 8. The third-order valence-corrected chi connectivity index (χ3v) is 6.39. The van der Waals surface area contributed by atoms with E-state index >= 15 is 0 Å². The lowest BCUT2D eigenvalue weighted by atomic mass is 10.2. The summed E-state index contributed by atoms with van der Waals surface area (Å²) in [5.74, 6) is 0.525. The predicted molar refractivity (Wildman–Crippen MR) is 126 cm³/mol. The summed E-state index contributed by atoms with van der Waals surface area (Å²) in [7, 11) is -2.28. The molecule has 0 radical (unpaired) electrons. The minimum atomic E-state index is -3.81. The highest BCUT2D eigenvalue weighted by molar-refractivity contribution is 7.92. The van der Waals surface area contributed by atoms with Crippen LogP contribution in [0.3, 0.4) is 0 Å². The van der Waals surface area contributed by atoms with E-state index in [1.807, 2.05) is 0 Å². The standard InChI is InChI=1S/C22H20Cl2N2O5S/c1-14-12-17(32(28,29)26-15-6-8-16(30-2)9-7-15)10-11-20(14)31-13-21(27)25-22-18(23)4-3-5-19(22)24/h3-12,26H,13H2,1-2H3,(H,25,27). The zero-order valence-electron chi connectivity index (χ0n) is 17.2. The minimum absolute atomic E-state index is 0.0606. The summed E-state index contributed by atoms with van der Waals surface area (Å²) in [6.45, 7) is 1.38. The number of carbonyl (C=O) groups excluding carboxylic acids is 1. The van der Waals surface area contributed by atoms with Gasteiger partial charge in [-0.05, 0) is 67.1 Å². The van der Waals surface area contributed by atoms with Crippen molar-refractivity contribution in [2.45, 2.75) is 11.8 Å². The Morgan fingerprint density at radius 2 is 1.66 bits per heavy atom. The van der Waals surface area contributed by atoms with E-state index in [0.717, 1.165) is 0 Å². The molecule has 0 aliphatic rings. The van der Waals surface area contributed by atoms with Crippen LogP contribution in [0.5, 0.6) is 11.5 Å². The van der Waals surface area contributed by atoms with Gasteiger partial charge in [0.1, 0.15) is 11.5 Å². The first kappa shape index (κ1) is 23.7. The molecule has 0 spiro atoms. The average Bonchev–Trinajstić information content (AvgIpc) is 2.76. The van der Waals surface area contributed by atoms with Gasteiger partial charge in [0.15, 0.2) is 6.61 Å². The maximum atomic E-state index is 12.7. The Morgan fingerprint density at radius 1 is 1.00 bits per heavy atom. The zero-order valence-corrected chi connectivity index (χ0v) is 19.5. The van der Waals surface area contributed by atoms with Gasteiger partial charge in [-0.3, -0.25) is 9.52 Å². The van der Waals surface area contributed by atoms with E-state index in [2.05, 4.69) is 10.0 Å². The average molecular weight is 495 g/mol. The number of para-hydroxylation sites is 1. The van der Waals surface area contributed by atoms with E-state index in [-0.39, 0.29) is 11.5 Å². The molecule has 0 atom stereocenters. The molecule has 10 heteroatoms. The summed E-state index contributed by atoms with van der Waals surface area (Å²) < 4.78 is 38.5. The quantitative estimate of drug-likeness (QED) is 0.452. The van der Waals surface area contributed by atoms with E-state index in [1.54, 1.807) is 49.4 Å². The molecule has 3 aromatic rings. The van der Waals surface area contributed by atoms with Gasteiger partial charge in [-0.15, -0.1) is 0 Å². The molecule has 0 fully saturated rings. The van der Waals surface area contributed by atoms with Gasteiger partial charge in [0.05, 0.1) is 27.7 Å². The SMILES string of the molecule is COc1ccc(NS(=O)(=O)c2ccc(OCC(=O)Nc3c(Cl)cccc3Cl)c(C)c2)cc1. The summed E-state index contributed by atoms with van der Waals surface area (Å²) in [5.41, 5.74) is 1.25. The number of carbonyl (C=O) groups is 1. The molecule has 168 valence electrons. The number of nitrogens with one attached hydrogen (secondary N) is 2.